The number of hydrogen-bond donors (Lipinski definition) is 1. The van der Waals surface area contributed by atoms with E-state index in [1.165, 1.54) is 0 Å². The summed E-state index contributed by atoms with van der Waals surface area (Å²) in [5, 5.41) is 6.04. The minimum Gasteiger partial charge on any atom is -0.338 e. The van der Waals surface area contributed by atoms with Crippen molar-refractivity contribution >= 4 is 34.3 Å². The second-order valence-corrected chi connectivity index (χ2v) is 7.52. The van der Waals surface area contributed by atoms with Crippen LogP contribution in [0.2, 0.25) is 0 Å². The number of likely N-dealkylation sites (tertiary alicyclic amines) is 1. The van der Waals surface area contributed by atoms with E-state index in [0.717, 1.165) is 35.8 Å². The fourth-order valence-electron chi connectivity index (χ4n) is 3.26. The minimum absolute atomic E-state index is 0.0571. The summed E-state index contributed by atoms with van der Waals surface area (Å²) in [6.07, 6.45) is 10.5. The molecule has 4 rings (SSSR count). The summed E-state index contributed by atoms with van der Waals surface area (Å²) in [5.74, 6) is 0.994. The average Bonchev–Trinajstić information content (AvgIpc) is 3.22. The van der Waals surface area contributed by atoms with Crippen molar-refractivity contribution in [2.45, 2.75) is 18.8 Å². The van der Waals surface area contributed by atoms with Crippen molar-refractivity contribution in [1.29, 1.82) is 0 Å². The summed E-state index contributed by atoms with van der Waals surface area (Å²) in [5.41, 5.74) is 2.06. The first-order valence-corrected chi connectivity index (χ1v) is 10.2. The quantitative estimate of drug-likeness (QED) is 0.663. The first-order chi connectivity index (χ1) is 13.8. The first-order valence-electron chi connectivity index (χ1n) is 9.28. The zero-order valence-corrected chi connectivity index (χ0v) is 16.2. The van der Waals surface area contributed by atoms with Crippen LogP contribution < -0.4 is 5.32 Å². The smallest absolute Gasteiger partial charge is 0.246 e. The van der Waals surface area contributed by atoms with Crippen LogP contribution in [-0.4, -0.2) is 38.8 Å². The van der Waals surface area contributed by atoms with Crippen LogP contribution in [0.5, 0.6) is 0 Å². The van der Waals surface area contributed by atoms with Gasteiger partial charge in [-0.1, -0.05) is 30.3 Å². The number of nitrogens with one attached hydrogen (secondary N) is 1. The Morgan fingerprint density at radius 3 is 2.96 bits per heavy atom. The molecule has 7 heteroatoms. The van der Waals surface area contributed by atoms with Gasteiger partial charge in [-0.2, -0.15) is 0 Å². The van der Waals surface area contributed by atoms with Crippen LogP contribution in [0, 0.1) is 0 Å². The normalized spacial score (nSPS) is 17.0. The average molecular weight is 392 g/mol. The lowest BCUT2D eigenvalue weighted by Crippen LogP contribution is -2.38. The molecule has 0 aliphatic carbocycles. The third-order valence-electron chi connectivity index (χ3n) is 4.69. The minimum atomic E-state index is 0.0571. The van der Waals surface area contributed by atoms with E-state index in [2.05, 4.69) is 20.7 Å². The van der Waals surface area contributed by atoms with E-state index in [1.807, 2.05) is 41.3 Å². The van der Waals surface area contributed by atoms with Crippen LogP contribution in [0.15, 0.2) is 60.4 Å². The van der Waals surface area contributed by atoms with Gasteiger partial charge >= 0.3 is 0 Å². The molecule has 142 valence electrons. The Labute approximate surface area is 168 Å². The number of anilines is 2. The maximum Gasteiger partial charge on any atom is 0.246 e. The molecule has 1 amide bonds. The molecule has 2 aromatic heterocycles. The van der Waals surface area contributed by atoms with Crippen molar-refractivity contribution in [3.05, 3.63) is 71.6 Å². The lowest BCUT2D eigenvalue weighted by molar-refractivity contribution is -0.127. The zero-order valence-electron chi connectivity index (χ0n) is 15.4. The van der Waals surface area contributed by atoms with Gasteiger partial charge in [0.05, 0.1) is 11.9 Å². The van der Waals surface area contributed by atoms with E-state index in [-0.39, 0.29) is 11.8 Å². The van der Waals surface area contributed by atoms with E-state index in [1.54, 1.807) is 36.0 Å². The van der Waals surface area contributed by atoms with Gasteiger partial charge in [0, 0.05) is 42.9 Å². The van der Waals surface area contributed by atoms with E-state index in [4.69, 9.17) is 4.98 Å². The molecular weight excluding hydrogens is 370 g/mol. The molecule has 1 fully saturated rings. The SMILES string of the molecule is O=C(/C=C/c1ccccc1)N1CCCC(c2csc(Nc3cnccn3)n2)C1. The highest BCUT2D eigenvalue weighted by atomic mass is 32.1. The molecule has 3 heterocycles. The maximum absolute atomic E-state index is 12.6. The van der Waals surface area contributed by atoms with Crippen molar-refractivity contribution in [2.75, 3.05) is 18.4 Å². The highest BCUT2D eigenvalue weighted by molar-refractivity contribution is 7.13. The van der Waals surface area contributed by atoms with Crippen LogP contribution in [0.3, 0.4) is 0 Å². The molecule has 1 unspecified atom stereocenters. The number of benzene rings is 1. The Hall–Kier alpha value is -3.06. The Kier molecular flexibility index (Phi) is 5.72. The topological polar surface area (TPSA) is 71.0 Å². The van der Waals surface area contributed by atoms with Crippen LogP contribution in [-0.2, 0) is 4.79 Å². The fourth-order valence-corrected chi connectivity index (χ4v) is 4.06. The lowest BCUT2D eigenvalue weighted by atomic mass is 9.95. The fraction of sp³-hybridized carbons (Fsp3) is 0.238. The first kappa shape index (κ1) is 18.3. The Bertz CT molecular complexity index is 942. The van der Waals surface area contributed by atoms with Crippen LogP contribution >= 0.6 is 11.3 Å². The predicted octanol–water partition coefficient (Wildman–Crippen LogP) is 4.10. The van der Waals surface area contributed by atoms with Crippen LogP contribution in [0.4, 0.5) is 10.9 Å². The number of rotatable bonds is 5. The molecule has 0 spiro atoms. The molecule has 0 bridgehead atoms. The predicted molar refractivity (Wildman–Crippen MR) is 111 cm³/mol. The maximum atomic E-state index is 12.6. The number of thiazole rings is 1. The van der Waals surface area contributed by atoms with Crippen LogP contribution in [0.1, 0.15) is 30.0 Å². The second-order valence-electron chi connectivity index (χ2n) is 6.66. The number of carbonyl (C=O) groups is 1. The number of nitrogens with zero attached hydrogens (tertiary/aromatic N) is 4. The molecule has 6 nitrogen and oxygen atoms in total. The van der Waals surface area contributed by atoms with Crippen molar-refractivity contribution < 1.29 is 4.79 Å². The van der Waals surface area contributed by atoms with Gasteiger partial charge in [-0.25, -0.2) is 9.97 Å². The molecule has 1 aromatic carbocycles. The highest BCUT2D eigenvalue weighted by Crippen LogP contribution is 2.30. The van der Waals surface area contributed by atoms with Gasteiger partial charge in [-0.15, -0.1) is 11.3 Å². The third-order valence-corrected chi connectivity index (χ3v) is 5.47. The molecule has 28 heavy (non-hydrogen) atoms. The Morgan fingerprint density at radius 1 is 1.25 bits per heavy atom. The molecule has 1 atom stereocenters. The van der Waals surface area contributed by atoms with Crippen molar-refractivity contribution in [3.8, 4) is 0 Å². The zero-order chi connectivity index (χ0) is 19.2. The third kappa shape index (κ3) is 4.61. The van der Waals surface area contributed by atoms with E-state index in [9.17, 15) is 4.79 Å². The molecule has 1 aliphatic rings. The monoisotopic (exact) mass is 391 g/mol. The van der Waals surface area contributed by atoms with Gasteiger partial charge in [0.25, 0.3) is 0 Å². The van der Waals surface area contributed by atoms with Gasteiger partial charge < -0.3 is 10.2 Å². The van der Waals surface area contributed by atoms with Crippen molar-refractivity contribution in [3.63, 3.8) is 0 Å². The van der Waals surface area contributed by atoms with Gasteiger partial charge in [-0.05, 0) is 24.5 Å². The van der Waals surface area contributed by atoms with Gasteiger partial charge in [0.2, 0.25) is 5.91 Å². The molecule has 1 saturated heterocycles. The van der Waals surface area contributed by atoms with Gasteiger partial charge in [0.1, 0.15) is 0 Å². The molecule has 0 radical (unpaired) electrons. The number of amides is 1. The summed E-state index contributed by atoms with van der Waals surface area (Å²) in [7, 11) is 0. The molecule has 1 N–H and O–H groups in total. The standard InChI is InChI=1S/C21H21N5OS/c27-20(9-8-16-5-2-1-3-6-16)26-12-4-7-17(14-26)18-15-28-21(24-18)25-19-13-22-10-11-23-19/h1-3,5-6,8-11,13,15,17H,4,7,12,14H2,(H,23,24,25)/b9-8+. The number of carbonyl (C=O) groups excluding carboxylic acids is 1. The summed E-state index contributed by atoms with van der Waals surface area (Å²) < 4.78 is 0. The Balaban J connectivity index is 1.38. The number of hydrogen-bond acceptors (Lipinski definition) is 6. The summed E-state index contributed by atoms with van der Waals surface area (Å²) in [4.78, 5) is 27.5. The summed E-state index contributed by atoms with van der Waals surface area (Å²) in [6, 6.07) is 9.88. The van der Waals surface area contributed by atoms with Crippen LogP contribution in [0.25, 0.3) is 6.08 Å². The second kappa shape index (κ2) is 8.75. The summed E-state index contributed by atoms with van der Waals surface area (Å²) in [6.45, 7) is 1.50. The molecule has 0 saturated carbocycles. The summed E-state index contributed by atoms with van der Waals surface area (Å²) >= 11 is 1.55. The van der Waals surface area contributed by atoms with Gasteiger partial charge in [-0.3, -0.25) is 9.78 Å². The molecule has 3 aromatic rings. The van der Waals surface area contributed by atoms with E-state index >= 15 is 0 Å². The number of piperidine rings is 1. The van der Waals surface area contributed by atoms with E-state index < -0.39 is 0 Å². The Morgan fingerprint density at radius 2 is 2.14 bits per heavy atom. The lowest BCUT2D eigenvalue weighted by Gasteiger charge is -2.31. The largest absolute Gasteiger partial charge is 0.338 e. The van der Waals surface area contributed by atoms with Crippen molar-refractivity contribution in [1.82, 2.24) is 19.9 Å². The number of aromatic nitrogens is 3. The van der Waals surface area contributed by atoms with E-state index in [0.29, 0.717) is 12.4 Å². The van der Waals surface area contributed by atoms with Crippen molar-refractivity contribution in [2.24, 2.45) is 0 Å². The highest BCUT2D eigenvalue weighted by Gasteiger charge is 2.25. The van der Waals surface area contributed by atoms with Gasteiger partial charge in [0.15, 0.2) is 10.9 Å². The molecular formula is C21H21N5OS. The molecule has 1 aliphatic heterocycles.